The number of rotatable bonds is 5. The Morgan fingerprint density at radius 2 is 2.12 bits per heavy atom. The highest BCUT2D eigenvalue weighted by Crippen LogP contribution is 2.24. The zero-order chi connectivity index (χ0) is 17.2. The van der Waals surface area contributed by atoms with Crippen molar-refractivity contribution in [1.82, 2.24) is 29.6 Å². The second-order valence-electron chi connectivity index (χ2n) is 6.39. The minimum absolute atomic E-state index is 0.295. The molecule has 1 aliphatic heterocycles. The third-order valence-corrected chi connectivity index (χ3v) is 4.55. The van der Waals surface area contributed by atoms with Gasteiger partial charge in [0.2, 0.25) is 5.95 Å². The summed E-state index contributed by atoms with van der Waals surface area (Å²) in [4.78, 5) is 15.4. The van der Waals surface area contributed by atoms with E-state index in [9.17, 15) is 0 Å². The van der Waals surface area contributed by atoms with E-state index in [0.717, 1.165) is 43.2 Å². The average molecular weight is 339 g/mol. The molecule has 0 saturated heterocycles. The fraction of sp³-hybridized carbons (Fsp3) is 0.412. The molecular formula is C17H21N7O. The Morgan fingerprint density at radius 3 is 2.88 bits per heavy atom. The summed E-state index contributed by atoms with van der Waals surface area (Å²) in [6, 6.07) is 4.09. The van der Waals surface area contributed by atoms with Gasteiger partial charge >= 0.3 is 0 Å². The molecule has 8 nitrogen and oxygen atoms in total. The van der Waals surface area contributed by atoms with Crippen LogP contribution >= 0.6 is 0 Å². The van der Waals surface area contributed by atoms with Crippen LogP contribution in [-0.2, 0) is 26.6 Å². The average Bonchev–Trinajstić information content (AvgIpc) is 3.19. The largest absolute Gasteiger partial charge is 0.361 e. The molecule has 0 radical (unpaired) electrons. The Hall–Kier alpha value is -2.74. The summed E-state index contributed by atoms with van der Waals surface area (Å²) in [5.41, 5.74) is 3.36. The van der Waals surface area contributed by atoms with Crippen LogP contribution in [0, 0.1) is 6.92 Å². The van der Waals surface area contributed by atoms with E-state index in [-0.39, 0.29) is 0 Å². The first-order valence-corrected chi connectivity index (χ1v) is 8.35. The van der Waals surface area contributed by atoms with Crippen LogP contribution in [0.15, 0.2) is 35.4 Å². The van der Waals surface area contributed by atoms with Crippen molar-refractivity contribution in [2.75, 3.05) is 11.9 Å². The number of fused-ring (bicyclic) bond motifs is 1. The van der Waals surface area contributed by atoms with Crippen LogP contribution in [0.25, 0.3) is 0 Å². The van der Waals surface area contributed by atoms with E-state index in [0.29, 0.717) is 12.0 Å². The second-order valence-corrected chi connectivity index (χ2v) is 6.39. The third-order valence-electron chi connectivity index (χ3n) is 4.55. The zero-order valence-electron chi connectivity index (χ0n) is 14.4. The maximum Gasteiger partial charge on any atom is 0.222 e. The van der Waals surface area contributed by atoms with Crippen molar-refractivity contribution < 1.29 is 4.52 Å². The quantitative estimate of drug-likeness (QED) is 0.755. The second kappa shape index (κ2) is 6.64. The minimum atomic E-state index is 0.295. The molecule has 130 valence electrons. The van der Waals surface area contributed by atoms with Crippen LogP contribution in [0.3, 0.4) is 0 Å². The van der Waals surface area contributed by atoms with Gasteiger partial charge < -0.3 is 14.4 Å². The smallest absolute Gasteiger partial charge is 0.222 e. The van der Waals surface area contributed by atoms with Gasteiger partial charge in [-0.15, -0.1) is 0 Å². The molecule has 0 bridgehead atoms. The number of nitrogens with zero attached hydrogens (tertiary/aromatic N) is 6. The molecule has 0 aliphatic carbocycles. The molecule has 0 saturated carbocycles. The predicted molar refractivity (Wildman–Crippen MR) is 91.7 cm³/mol. The van der Waals surface area contributed by atoms with Crippen molar-refractivity contribution >= 4 is 5.95 Å². The first-order chi connectivity index (χ1) is 12.2. The highest BCUT2D eigenvalue weighted by Gasteiger charge is 2.29. The van der Waals surface area contributed by atoms with Crippen LogP contribution in [0.2, 0.25) is 0 Å². The first-order valence-electron chi connectivity index (χ1n) is 8.35. The summed E-state index contributed by atoms with van der Waals surface area (Å²) in [5.74, 6) is 1.48. The van der Waals surface area contributed by atoms with Gasteiger partial charge in [-0.25, -0.2) is 15.0 Å². The van der Waals surface area contributed by atoms with Crippen LogP contribution in [0.5, 0.6) is 0 Å². The first kappa shape index (κ1) is 15.8. The summed E-state index contributed by atoms with van der Waals surface area (Å²) < 4.78 is 7.32. The molecule has 1 unspecified atom stereocenters. The number of anilines is 1. The van der Waals surface area contributed by atoms with Crippen LogP contribution in [0.4, 0.5) is 5.95 Å². The van der Waals surface area contributed by atoms with Crippen LogP contribution in [0.1, 0.15) is 22.8 Å². The normalized spacial score (nSPS) is 17.4. The Labute approximate surface area is 145 Å². The van der Waals surface area contributed by atoms with Gasteiger partial charge in [-0.2, -0.15) is 0 Å². The molecule has 1 aliphatic rings. The minimum Gasteiger partial charge on any atom is -0.361 e. The van der Waals surface area contributed by atoms with Gasteiger partial charge in [-0.3, -0.25) is 4.90 Å². The van der Waals surface area contributed by atoms with Gasteiger partial charge in [-0.05, 0) is 13.0 Å². The number of aromatic nitrogens is 5. The number of nitrogens with one attached hydrogen (secondary N) is 1. The summed E-state index contributed by atoms with van der Waals surface area (Å²) >= 11 is 0. The maximum absolute atomic E-state index is 5.21. The molecule has 3 aromatic rings. The third kappa shape index (κ3) is 3.39. The number of hydrogen-bond acceptors (Lipinski definition) is 7. The lowest BCUT2D eigenvalue weighted by atomic mass is 10.0. The maximum atomic E-state index is 5.21. The monoisotopic (exact) mass is 339 g/mol. The molecule has 4 heterocycles. The van der Waals surface area contributed by atoms with Gasteiger partial charge in [0.25, 0.3) is 0 Å². The predicted octanol–water partition coefficient (Wildman–Crippen LogP) is 1.55. The molecule has 0 amide bonds. The van der Waals surface area contributed by atoms with Crippen molar-refractivity contribution in [3.05, 3.63) is 53.7 Å². The van der Waals surface area contributed by atoms with E-state index in [1.807, 2.05) is 32.4 Å². The molecule has 4 rings (SSSR count). The summed E-state index contributed by atoms with van der Waals surface area (Å²) in [6.07, 6.45) is 6.29. The van der Waals surface area contributed by atoms with Crippen LogP contribution < -0.4 is 5.32 Å². The van der Waals surface area contributed by atoms with E-state index >= 15 is 0 Å². The highest BCUT2D eigenvalue weighted by atomic mass is 16.5. The fourth-order valence-electron chi connectivity index (χ4n) is 3.26. The van der Waals surface area contributed by atoms with Gasteiger partial charge in [0.15, 0.2) is 0 Å². The van der Waals surface area contributed by atoms with Crippen molar-refractivity contribution in [1.29, 1.82) is 0 Å². The van der Waals surface area contributed by atoms with Gasteiger partial charge in [0, 0.05) is 63.3 Å². The molecule has 3 aromatic heterocycles. The fourth-order valence-corrected chi connectivity index (χ4v) is 3.26. The Kier molecular flexibility index (Phi) is 4.19. The lowest BCUT2D eigenvalue weighted by Gasteiger charge is -2.35. The Bertz CT molecular complexity index is 842. The van der Waals surface area contributed by atoms with Gasteiger partial charge in [0.1, 0.15) is 5.76 Å². The molecule has 0 aromatic carbocycles. The standard InChI is InChI=1S/C17H21N7O/c1-12-6-13(22-25-12)9-24-10-15-16(23(2)11-21-15)7-14(24)8-20-17-18-4-3-5-19-17/h3-6,11,14H,7-10H2,1-2H3,(H,18,19,20). The van der Waals surface area contributed by atoms with Crippen molar-refractivity contribution in [3.63, 3.8) is 0 Å². The van der Waals surface area contributed by atoms with Crippen molar-refractivity contribution in [2.24, 2.45) is 7.05 Å². The topological polar surface area (TPSA) is 84.9 Å². The van der Waals surface area contributed by atoms with Gasteiger partial charge in [-0.1, -0.05) is 5.16 Å². The summed E-state index contributed by atoms with van der Waals surface area (Å²) in [7, 11) is 2.05. The molecule has 0 fully saturated rings. The van der Waals surface area contributed by atoms with Crippen molar-refractivity contribution in [3.8, 4) is 0 Å². The molecule has 1 N–H and O–H groups in total. The molecule has 1 atom stereocenters. The summed E-state index contributed by atoms with van der Waals surface area (Å²) in [6.45, 7) is 4.19. The number of imidazole rings is 1. The van der Waals surface area contributed by atoms with E-state index in [2.05, 4.69) is 34.9 Å². The van der Waals surface area contributed by atoms with Crippen molar-refractivity contribution in [2.45, 2.75) is 32.5 Å². The molecule has 25 heavy (non-hydrogen) atoms. The lowest BCUT2D eigenvalue weighted by Crippen LogP contribution is -2.44. The highest BCUT2D eigenvalue weighted by molar-refractivity contribution is 5.25. The Balaban J connectivity index is 1.52. The summed E-state index contributed by atoms with van der Waals surface area (Å²) in [5, 5.41) is 7.48. The van der Waals surface area contributed by atoms with E-state index < -0.39 is 0 Å². The molecular weight excluding hydrogens is 318 g/mol. The SMILES string of the molecule is Cc1cc(CN2Cc3ncn(C)c3CC2CNc2ncccn2)no1. The van der Waals surface area contributed by atoms with Crippen LogP contribution in [-0.4, -0.2) is 42.2 Å². The molecule has 8 heteroatoms. The van der Waals surface area contributed by atoms with Gasteiger partial charge in [0.05, 0.1) is 17.7 Å². The van der Waals surface area contributed by atoms with E-state index in [1.54, 1.807) is 12.4 Å². The number of hydrogen-bond donors (Lipinski definition) is 1. The molecule has 0 spiro atoms. The van der Waals surface area contributed by atoms with E-state index in [1.165, 1.54) is 5.69 Å². The lowest BCUT2D eigenvalue weighted by molar-refractivity contribution is 0.161. The number of aryl methyl sites for hydroxylation is 2. The van der Waals surface area contributed by atoms with E-state index in [4.69, 9.17) is 4.52 Å². The zero-order valence-corrected chi connectivity index (χ0v) is 14.4. The Morgan fingerprint density at radius 1 is 1.28 bits per heavy atom.